The fourth-order valence-corrected chi connectivity index (χ4v) is 3.48. The van der Waals surface area contributed by atoms with Crippen LogP contribution in [-0.2, 0) is 16.1 Å². The molecule has 0 spiro atoms. The van der Waals surface area contributed by atoms with Crippen LogP contribution < -0.4 is 0 Å². The van der Waals surface area contributed by atoms with Crippen molar-refractivity contribution < 1.29 is 23.1 Å². The van der Waals surface area contributed by atoms with Gasteiger partial charge in [0.25, 0.3) is 0 Å². The van der Waals surface area contributed by atoms with Crippen molar-refractivity contribution in [2.24, 2.45) is 0 Å². The summed E-state index contributed by atoms with van der Waals surface area (Å²) in [6, 6.07) is 3.50. The van der Waals surface area contributed by atoms with Crippen LogP contribution in [-0.4, -0.2) is 46.5 Å². The quantitative estimate of drug-likeness (QED) is 0.851. The van der Waals surface area contributed by atoms with Gasteiger partial charge in [-0.1, -0.05) is 12.1 Å². The Bertz CT molecular complexity index is 665. The van der Waals surface area contributed by atoms with E-state index in [2.05, 4.69) is 0 Å². The van der Waals surface area contributed by atoms with Gasteiger partial charge in [-0.05, 0) is 26.3 Å². The van der Waals surface area contributed by atoms with Crippen LogP contribution in [0.25, 0.3) is 0 Å². The first-order chi connectivity index (χ1) is 11.4. The fraction of sp³-hybridized carbons (Fsp3) is 0.529. The van der Waals surface area contributed by atoms with Crippen LogP contribution in [0, 0.1) is 11.6 Å². The highest BCUT2D eigenvalue weighted by atomic mass is 19.2. The standard InChI is InChI=1S/C17H20F2N2O3/c1-10(2)24-17(23)20-7-6-13-14(20)8-15(22)21(13)9-11-4-3-5-12(18)16(11)19/h3-5,10,13-14H,6-9H2,1-2H3/t13-,14-/m0/s1. The first-order valence-corrected chi connectivity index (χ1v) is 8.08. The number of ether oxygens (including phenoxy) is 1. The minimum Gasteiger partial charge on any atom is -0.447 e. The predicted molar refractivity (Wildman–Crippen MR) is 82.0 cm³/mol. The van der Waals surface area contributed by atoms with E-state index in [0.717, 1.165) is 6.07 Å². The number of fused-ring (bicyclic) bond motifs is 1. The van der Waals surface area contributed by atoms with Gasteiger partial charge in [0, 0.05) is 25.1 Å². The smallest absolute Gasteiger partial charge is 0.410 e. The average Bonchev–Trinajstić information content (AvgIpc) is 3.03. The van der Waals surface area contributed by atoms with Gasteiger partial charge in [0.1, 0.15) is 0 Å². The van der Waals surface area contributed by atoms with Crippen molar-refractivity contribution in [2.75, 3.05) is 6.54 Å². The zero-order valence-corrected chi connectivity index (χ0v) is 13.7. The van der Waals surface area contributed by atoms with Crippen LogP contribution in [0.15, 0.2) is 18.2 Å². The summed E-state index contributed by atoms with van der Waals surface area (Å²) < 4.78 is 32.5. The number of carbonyl (C=O) groups is 2. The molecule has 7 heteroatoms. The second-order valence-electron chi connectivity index (χ2n) is 6.49. The Morgan fingerprint density at radius 1 is 1.33 bits per heavy atom. The van der Waals surface area contributed by atoms with E-state index in [4.69, 9.17) is 4.74 Å². The fourth-order valence-electron chi connectivity index (χ4n) is 3.48. The van der Waals surface area contributed by atoms with Crippen LogP contribution in [0.3, 0.4) is 0 Å². The molecule has 1 aromatic rings. The average molecular weight is 338 g/mol. The van der Waals surface area contributed by atoms with Gasteiger partial charge in [0.15, 0.2) is 11.6 Å². The lowest BCUT2D eigenvalue weighted by molar-refractivity contribution is -0.129. The lowest BCUT2D eigenvalue weighted by Crippen LogP contribution is -2.40. The maximum atomic E-state index is 13.9. The lowest BCUT2D eigenvalue weighted by Gasteiger charge is -2.25. The number of carbonyl (C=O) groups excluding carboxylic acids is 2. The topological polar surface area (TPSA) is 49.9 Å². The highest BCUT2D eigenvalue weighted by Crippen LogP contribution is 2.34. The predicted octanol–water partition coefficient (Wildman–Crippen LogP) is 2.69. The molecule has 0 unspecified atom stereocenters. The Morgan fingerprint density at radius 3 is 2.79 bits per heavy atom. The second-order valence-corrected chi connectivity index (χ2v) is 6.49. The van der Waals surface area contributed by atoms with E-state index < -0.39 is 17.7 Å². The molecule has 24 heavy (non-hydrogen) atoms. The van der Waals surface area contributed by atoms with Crippen molar-refractivity contribution in [1.82, 2.24) is 9.80 Å². The molecule has 130 valence electrons. The van der Waals surface area contributed by atoms with Gasteiger partial charge in [0.2, 0.25) is 5.91 Å². The molecule has 2 fully saturated rings. The number of benzene rings is 1. The van der Waals surface area contributed by atoms with Crippen LogP contribution in [0.1, 0.15) is 32.3 Å². The largest absolute Gasteiger partial charge is 0.447 e. The summed E-state index contributed by atoms with van der Waals surface area (Å²) in [4.78, 5) is 27.6. The van der Waals surface area contributed by atoms with Crippen LogP contribution in [0.4, 0.5) is 13.6 Å². The molecule has 2 aliphatic rings. The Balaban J connectivity index is 1.75. The Hall–Kier alpha value is -2.18. The van der Waals surface area contributed by atoms with Crippen molar-refractivity contribution in [3.63, 3.8) is 0 Å². The molecule has 3 rings (SSSR count). The Kier molecular flexibility index (Phi) is 4.43. The number of rotatable bonds is 3. The van der Waals surface area contributed by atoms with E-state index in [-0.39, 0.29) is 42.6 Å². The molecule has 5 nitrogen and oxygen atoms in total. The zero-order valence-electron chi connectivity index (χ0n) is 13.7. The summed E-state index contributed by atoms with van der Waals surface area (Å²) in [6.45, 7) is 4.04. The molecule has 0 aliphatic carbocycles. The third kappa shape index (κ3) is 2.95. The monoisotopic (exact) mass is 338 g/mol. The number of halogens is 2. The molecule has 1 aromatic carbocycles. The van der Waals surface area contributed by atoms with E-state index in [1.54, 1.807) is 23.6 Å². The molecule has 2 saturated heterocycles. The normalized spacial score (nSPS) is 23.1. The third-order valence-corrected chi connectivity index (χ3v) is 4.56. The number of amides is 2. The molecule has 0 bridgehead atoms. The van der Waals surface area contributed by atoms with Crippen LogP contribution >= 0.6 is 0 Å². The molecule has 0 saturated carbocycles. The molecule has 2 amide bonds. The van der Waals surface area contributed by atoms with E-state index >= 15 is 0 Å². The van der Waals surface area contributed by atoms with Gasteiger partial charge >= 0.3 is 6.09 Å². The van der Waals surface area contributed by atoms with Gasteiger partial charge in [-0.2, -0.15) is 0 Å². The summed E-state index contributed by atoms with van der Waals surface area (Å²) in [5.41, 5.74) is 0.146. The summed E-state index contributed by atoms with van der Waals surface area (Å²) >= 11 is 0. The molecule has 0 aromatic heterocycles. The molecular weight excluding hydrogens is 318 g/mol. The van der Waals surface area contributed by atoms with Crippen molar-refractivity contribution >= 4 is 12.0 Å². The number of hydrogen-bond acceptors (Lipinski definition) is 3. The first-order valence-electron chi connectivity index (χ1n) is 8.08. The van der Waals surface area contributed by atoms with E-state index in [1.165, 1.54) is 12.1 Å². The minimum absolute atomic E-state index is 0.0106. The van der Waals surface area contributed by atoms with Gasteiger partial charge in [0.05, 0.1) is 18.2 Å². The van der Waals surface area contributed by atoms with Crippen molar-refractivity contribution in [3.8, 4) is 0 Å². The Morgan fingerprint density at radius 2 is 2.08 bits per heavy atom. The summed E-state index contributed by atoms with van der Waals surface area (Å²) in [5.74, 6) is -2.01. The minimum atomic E-state index is -0.928. The number of nitrogens with zero attached hydrogens (tertiary/aromatic N) is 2. The van der Waals surface area contributed by atoms with Gasteiger partial charge in [-0.3, -0.25) is 4.79 Å². The van der Waals surface area contributed by atoms with Crippen LogP contribution in [0.5, 0.6) is 0 Å². The van der Waals surface area contributed by atoms with E-state index in [9.17, 15) is 18.4 Å². The molecular formula is C17H20F2N2O3. The van der Waals surface area contributed by atoms with Crippen molar-refractivity contribution in [3.05, 3.63) is 35.4 Å². The second kappa shape index (κ2) is 6.37. The number of hydrogen-bond donors (Lipinski definition) is 0. The van der Waals surface area contributed by atoms with E-state index in [0.29, 0.717) is 13.0 Å². The SMILES string of the molecule is CC(C)OC(=O)N1CC[C@H]2[C@@H]1CC(=O)N2Cc1cccc(F)c1F. The van der Waals surface area contributed by atoms with Crippen molar-refractivity contribution in [1.29, 1.82) is 0 Å². The Labute approximate surface area is 139 Å². The zero-order chi connectivity index (χ0) is 17.4. The highest BCUT2D eigenvalue weighted by Gasteiger charge is 2.49. The molecule has 2 aliphatic heterocycles. The van der Waals surface area contributed by atoms with Crippen LogP contribution in [0.2, 0.25) is 0 Å². The maximum absolute atomic E-state index is 13.9. The van der Waals surface area contributed by atoms with E-state index in [1.807, 2.05) is 0 Å². The molecule has 0 radical (unpaired) electrons. The third-order valence-electron chi connectivity index (χ3n) is 4.56. The molecule has 2 heterocycles. The van der Waals surface area contributed by atoms with Gasteiger partial charge < -0.3 is 14.5 Å². The van der Waals surface area contributed by atoms with Crippen molar-refractivity contribution in [2.45, 2.75) is 51.4 Å². The molecule has 0 N–H and O–H groups in total. The summed E-state index contributed by atoms with van der Waals surface area (Å²) in [5, 5.41) is 0. The first kappa shape index (κ1) is 16.7. The highest BCUT2D eigenvalue weighted by molar-refractivity contribution is 5.82. The van der Waals surface area contributed by atoms with Gasteiger partial charge in [-0.25, -0.2) is 13.6 Å². The van der Waals surface area contributed by atoms with Gasteiger partial charge in [-0.15, -0.1) is 0 Å². The summed E-state index contributed by atoms with van der Waals surface area (Å²) in [7, 11) is 0. The number of likely N-dealkylation sites (tertiary alicyclic amines) is 2. The summed E-state index contributed by atoms with van der Waals surface area (Å²) in [6.07, 6.45) is 0.144. The maximum Gasteiger partial charge on any atom is 0.410 e. The molecule has 2 atom stereocenters. The lowest BCUT2D eigenvalue weighted by atomic mass is 10.1.